The average Bonchev–Trinajstić information content (AvgIpc) is 2.44. The van der Waals surface area contributed by atoms with Crippen LogP contribution in [0, 0.1) is 10.1 Å². The number of halogens is 1. The van der Waals surface area contributed by atoms with Gasteiger partial charge in [0, 0.05) is 18.6 Å². The normalized spacial score (nSPS) is 20.9. The van der Waals surface area contributed by atoms with Crippen molar-refractivity contribution in [2.45, 2.75) is 58.2 Å². The summed E-state index contributed by atoms with van der Waals surface area (Å²) in [5.41, 5.74) is -0.00458. The van der Waals surface area contributed by atoms with Gasteiger partial charge >= 0.3 is 11.8 Å². The number of ether oxygens (including phenoxy) is 1. The number of piperidine rings is 1. The molecule has 1 aromatic carbocycles. The number of rotatable bonds is 3. The van der Waals surface area contributed by atoms with E-state index in [0.717, 1.165) is 0 Å². The van der Waals surface area contributed by atoms with Crippen LogP contribution in [0.5, 0.6) is 0 Å². The molecule has 7 nitrogen and oxygen atoms in total. The monoisotopic (exact) mass is 413 g/mol. The third kappa shape index (κ3) is 5.07. The van der Waals surface area contributed by atoms with Crippen LogP contribution in [0.4, 0.5) is 16.2 Å². The van der Waals surface area contributed by atoms with Crippen molar-refractivity contribution >= 4 is 33.4 Å². The van der Waals surface area contributed by atoms with Gasteiger partial charge in [0.1, 0.15) is 11.3 Å². The predicted octanol–water partition coefficient (Wildman–Crippen LogP) is 4.56. The fourth-order valence-corrected chi connectivity index (χ4v) is 3.44. The first-order valence-corrected chi connectivity index (χ1v) is 9.07. The number of para-hydroxylation sites is 1. The van der Waals surface area contributed by atoms with E-state index < -0.39 is 10.5 Å². The first-order valence-electron chi connectivity index (χ1n) is 8.27. The molecule has 1 heterocycles. The number of hydrogen-bond donors (Lipinski definition) is 1. The Morgan fingerprint density at radius 2 is 2.12 bits per heavy atom. The molecule has 1 aliphatic heterocycles. The predicted molar refractivity (Wildman–Crippen MR) is 99.8 cm³/mol. The summed E-state index contributed by atoms with van der Waals surface area (Å²) in [5, 5.41) is 14.5. The number of carbonyl (C=O) groups is 1. The Morgan fingerprint density at radius 1 is 1.44 bits per heavy atom. The van der Waals surface area contributed by atoms with Crippen LogP contribution in [-0.4, -0.2) is 40.1 Å². The standard InChI is InChI=1S/C17H24BrN3O4/c1-11-10-12(8-9-20(11)16(22)25-17(2,3)4)19-14-7-5-6-13(18)15(14)21(23)24/h5-7,11-12,19H,8-10H2,1-4H3. The molecule has 8 heteroatoms. The number of amides is 1. The highest BCUT2D eigenvalue weighted by Crippen LogP contribution is 2.34. The summed E-state index contributed by atoms with van der Waals surface area (Å²) in [5.74, 6) is 0. The number of carbonyl (C=O) groups excluding carboxylic acids is 1. The van der Waals surface area contributed by atoms with Crippen LogP contribution in [0.3, 0.4) is 0 Å². The molecule has 0 aromatic heterocycles. The Balaban J connectivity index is 2.04. The Labute approximate surface area is 156 Å². The van der Waals surface area contributed by atoms with Gasteiger partial charge in [0.2, 0.25) is 0 Å². The molecule has 1 fully saturated rings. The highest BCUT2D eigenvalue weighted by Gasteiger charge is 2.32. The van der Waals surface area contributed by atoms with Gasteiger partial charge in [-0.1, -0.05) is 6.07 Å². The Morgan fingerprint density at radius 3 is 2.68 bits per heavy atom. The minimum absolute atomic E-state index is 0.00712. The van der Waals surface area contributed by atoms with E-state index in [0.29, 0.717) is 29.5 Å². The zero-order valence-corrected chi connectivity index (χ0v) is 16.5. The number of hydrogen-bond acceptors (Lipinski definition) is 5. The van der Waals surface area contributed by atoms with Gasteiger partial charge in [0.15, 0.2) is 0 Å². The number of nitrogens with one attached hydrogen (secondary N) is 1. The molecule has 1 aliphatic rings. The molecule has 0 aliphatic carbocycles. The van der Waals surface area contributed by atoms with Crippen molar-refractivity contribution in [3.05, 3.63) is 32.8 Å². The van der Waals surface area contributed by atoms with Crippen molar-refractivity contribution in [3.63, 3.8) is 0 Å². The maximum absolute atomic E-state index is 12.3. The summed E-state index contributed by atoms with van der Waals surface area (Å²) in [6.45, 7) is 8.05. The molecule has 0 saturated carbocycles. The van der Waals surface area contributed by atoms with E-state index in [2.05, 4.69) is 21.2 Å². The average molecular weight is 414 g/mol. The summed E-state index contributed by atoms with van der Waals surface area (Å²) < 4.78 is 5.88. The topological polar surface area (TPSA) is 84.7 Å². The molecule has 25 heavy (non-hydrogen) atoms. The SMILES string of the molecule is CC1CC(Nc2cccc(Br)c2[N+](=O)[O-])CCN1C(=O)OC(C)(C)C. The van der Waals surface area contributed by atoms with E-state index in [9.17, 15) is 14.9 Å². The zero-order chi connectivity index (χ0) is 18.8. The van der Waals surface area contributed by atoms with Crippen molar-refractivity contribution in [1.82, 2.24) is 4.90 Å². The quantitative estimate of drug-likeness (QED) is 0.579. The van der Waals surface area contributed by atoms with Gasteiger partial charge in [-0.05, 0) is 68.6 Å². The molecule has 138 valence electrons. The molecule has 1 N–H and O–H groups in total. The molecule has 0 bridgehead atoms. The van der Waals surface area contributed by atoms with Gasteiger partial charge in [-0.25, -0.2) is 4.79 Å². The third-order valence-corrected chi connectivity index (χ3v) is 4.67. The fraction of sp³-hybridized carbons (Fsp3) is 0.588. The number of nitro benzene ring substituents is 1. The van der Waals surface area contributed by atoms with Crippen molar-refractivity contribution in [1.29, 1.82) is 0 Å². The van der Waals surface area contributed by atoms with Crippen molar-refractivity contribution < 1.29 is 14.5 Å². The summed E-state index contributed by atoms with van der Waals surface area (Å²) >= 11 is 3.23. The van der Waals surface area contributed by atoms with Crippen LogP contribution in [0.15, 0.2) is 22.7 Å². The third-order valence-electron chi connectivity index (χ3n) is 4.03. The van der Waals surface area contributed by atoms with Crippen LogP contribution in [0.25, 0.3) is 0 Å². The maximum atomic E-state index is 12.3. The van der Waals surface area contributed by atoms with E-state index >= 15 is 0 Å². The van der Waals surface area contributed by atoms with Gasteiger partial charge in [-0.3, -0.25) is 10.1 Å². The van der Waals surface area contributed by atoms with Crippen molar-refractivity contribution in [2.75, 3.05) is 11.9 Å². The minimum atomic E-state index is -0.525. The van der Waals surface area contributed by atoms with Crippen LogP contribution < -0.4 is 5.32 Å². The second-order valence-electron chi connectivity index (χ2n) is 7.28. The molecule has 2 atom stereocenters. The fourth-order valence-electron chi connectivity index (χ4n) is 2.93. The lowest BCUT2D eigenvalue weighted by molar-refractivity contribution is -0.384. The highest BCUT2D eigenvalue weighted by atomic mass is 79.9. The zero-order valence-electron chi connectivity index (χ0n) is 14.9. The van der Waals surface area contributed by atoms with Gasteiger partial charge in [-0.2, -0.15) is 0 Å². The Bertz CT molecular complexity index is 660. The van der Waals surface area contributed by atoms with Gasteiger partial charge in [0.05, 0.1) is 9.40 Å². The second kappa shape index (κ2) is 7.59. The molecule has 2 unspecified atom stereocenters. The molecule has 1 amide bonds. The van der Waals surface area contributed by atoms with E-state index in [1.165, 1.54) is 0 Å². The van der Waals surface area contributed by atoms with E-state index in [4.69, 9.17) is 4.74 Å². The molecular formula is C17H24BrN3O4. The van der Waals surface area contributed by atoms with Gasteiger partial charge < -0.3 is 15.0 Å². The Hall–Kier alpha value is -1.83. The van der Waals surface area contributed by atoms with Gasteiger partial charge in [-0.15, -0.1) is 0 Å². The summed E-state index contributed by atoms with van der Waals surface area (Å²) in [6, 6.07) is 5.16. The second-order valence-corrected chi connectivity index (χ2v) is 8.14. The largest absolute Gasteiger partial charge is 0.444 e. The van der Waals surface area contributed by atoms with E-state index in [1.54, 1.807) is 23.1 Å². The van der Waals surface area contributed by atoms with E-state index in [1.807, 2.05) is 27.7 Å². The lowest BCUT2D eigenvalue weighted by Crippen LogP contribution is -2.49. The number of nitro groups is 1. The van der Waals surface area contributed by atoms with Crippen molar-refractivity contribution in [3.8, 4) is 0 Å². The first-order chi connectivity index (χ1) is 11.6. The van der Waals surface area contributed by atoms with Crippen LogP contribution in [0.1, 0.15) is 40.5 Å². The number of nitrogens with zero attached hydrogens (tertiary/aromatic N) is 2. The lowest BCUT2D eigenvalue weighted by atomic mass is 9.98. The van der Waals surface area contributed by atoms with Crippen LogP contribution in [-0.2, 0) is 4.74 Å². The molecule has 2 rings (SSSR count). The molecule has 0 radical (unpaired) electrons. The molecule has 1 aromatic rings. The molecule has 1 saturated heterocycles. The Kier molecular flexibility index (Phi) is 5.92. The summed E-state index contributed by atoms with van der Waals surface area (Å²) in [6.07, 6.45) is 1.09. The number of benzene rings is 1. The maximum Gasteiger partial charge on any atom is 0.410 e. The highest BCUT2D eigenvalue weighted by molar-refractivity contribution is 9.10. The molecule has 0 spiro atoms. The smallest absolute Gasteiger partial charge is 0.410 e. The molecular weight excluding hydrogens is 390 g/mol. The minimum Gasteiger partial charge on any atom is -0.444 e. The lowest BCUT2D eigenvalue weighted by Gasteiger charge is -2.38. The van der Waals surface area contributed by atoms with Crippen LogP contribution >= 0.6 is 15.9 Å². The number of anilines is 1. The van der Waals surface area contributed by atoms with Crippen LogP contribution in [0.2, 0.25) is 0 Å². The first kappa shape index (κ1) is 19.5. The summed E-state index contributed by atoms with van der Waals surface area (Å²) in [7, 11) is 0. The van der Waals surface area contributed by atoms with Gasteiger partial charge in [0.25, 0.3) is 0 Å². The number of likely N-dealkylation sites (tertiary alicyclic amines) is 1. The van der Waals surface area contributed by atoms with Crippen molar-refractivity contribution in [2.24, 2.45) is 0 Å². The van der Waals surface area contributed by atoms with E-state index in [-0.39, 0.29) is 23.9 Å². The summed E-state index contributed by atoms with van der Waals surface area (Å²) in [4.78, 5) is 24.9.